The van der Waals surface area contributed by atoms with Crippen LogP contribution in [0.4, 0.5) is 0 Å². The third kappa shape index (κ3) is 1.61. The Kier molecular flexibility index (Phi) is 2.31. The molecule has 0 heterocycles. The highest BCUT2D eigenvalue weighted by Gasteiger charge is 2.53. The predicted molar refractivity (Wildman–Crippen MR) is 59.2 cm³/mol. The average Bonchev–Trinajstić information content (AvgIpc) is 2.97. The van der Waals surface area contributed by atoms with Crippen LogP contribution < -0.4 is 0 Å². The van der Waals surface area contributed by atoms with Gasteiger partial charge in [-0.25, -0.2) is 13.2 Å². The fourth-order valence-corrected chi connectivity index (χ4v) is 3.32. The van der Waals surface area contributed by atoms with Crippen LogP contribution in [0.2, 0.25) is 0 Å². The molecule has 1 N–H and O–H groups in total. The third-order valence-electron chi connectivity index (χ3n) is 3.05. The summed E-state index contributed by atoms with van der Waals surface area (Å²) in [5, 5.41) is 8.85. The molecule has 0 radical (unpaired) electrons. The molecule has 4 nitrogen and oxygen atoms in total. The number of hydrogen-bond acceptors (Lipinski definition) is 3. The van der Waals surface area contributed by atoms with Crippen molar-refractivity contribution in [2.24, 2.45) is 0 Å². The second-order valence-corrected chi connectivity index (χ2v) is 6.48. The highest BCUT2D eigenvalue weighted by Crippen LogP contribution is 2.52. The van der Waals surface area contributed by atoms with Gasteiger partial charge in [0, 0.05) is 6.26 Å². The van der Waals surface area contributed by atoms with Gasteiger partial charge < -0.3 is 5.11 Å². The number of hydrogen-bond donors (Lipinski definition) is 1. The Morgan fingerprint density at radius 1 is 1.38 bits per heavy atom. The maximum atomic E-state index is 11.6. The highest BCUT2D eigenvalue weighted by atomic mass is 32.2. The Hall–Kier alpha value is -1.36. The number of sulfone groups is 1. The van der Waals surface area contributed by atoms with Gasteiger partial charge in [-0.1, -0.05) is 12.1 Å². The molecule has 0 amide bonds. The van der Waals surface area contributed by atoms with E-state index in [-0.39, 0.29) is 5.56 Å². The molecule has 0 bridgehead atoms. The summed E-state index contributed by atoms with van der Waals surface area (Å²) < 4.78 is 22.5. The Morgan fingerprint density at radius 2 is 2.00 bits per heavy atom. The summed E-state index contributed by atoms with van der Waals surface area (Å²) in [7, 11) is -3.18. The predicted octanol–water partition coefficient (Wildman–Crippen LogP) is 1.42. The minimum atomic E-state index is -3.18. The van der Waals surface area contributed by atoms with Crippen molar-refractivity contribution in [1.29, 1.82) is 0 Å². The van der Waals surface area contributed by atoms with Crippen LogP contribution in [-0.4, -0.2) is 25.7 Å². The van der Waals surface area contributed by atoms with Gasteiger partial charge in [-0.05, 0) is 30.5 Å². The fourth-order valence-electron chi connectivity index (χ4n) is 1.92. The average molecular weight is 240 g/mol. The first-order valence-electron chi connectivity index (χ1n) is 4.90. The van der Waals surface area contributed by atoms with Crippen molar-refractivity contribution in [2.45, 2.75) is 17.6 Å². The van der Waals surface area contributed by atoms with Crippen molar-refractivity contribution in [3.05, 3.63) is 35.4 Å². The maximum absolute atomic E-state index is 11.6. The monoisotopic (exact) mass is 240 g/mol. The minimum absolute atomic E-state index is 0.132. The topological polar surface area (TPSA) is 71.4 Å². The van der Waals surface area contributed by atoms with E-state index in [2.05, 4.69) is 0 Å². The number of benzene rings is 1. The standard InChI is InChI=1S/C11H12O4S/c1-16(14,15)11(5-6-11)9-4-2-3-8(7-9)10(12)13/h2-4,7H,5-6H2,1H3,(H,12,13). The van der Waals surface area contributed by atoms with Crippen LogP contribution in [-0.2, 0) is 14.6 Å². The summed E-state index contributed by atoms with van der Waals surface area (Å²) in [6, 6.07) is 6.19. The van der Waals surface area contributed by atoms with E-state index in [1.807, 2.05) is 0 Å². The zero-order valence-corrected chi connectivity index (χ0v) is 9.62. The fraction of sp³-hybridized carbons (Fsp3) is 0.364. The van der Waals surface area contributed by atoms with E-state index >= 15 is 0 Å². The molecule has 0 aromatic heterocycles. The van der Waals surface area contributed by atoms with Crippen LogP contribution in [0.25, 0.3) is 0 Å². The Balaban J connectivity index is 2.50. The normalized spacial score (nSPS) is 18.1. The lowest BCUT2D eigenvalue weighted by molar-refractivity contribution is 0.0696. The molecule has 0 spiro atoms. The lowest BCUT2D eigenvalue weighted by Crippen LogP contribution is -2.19. The molecule has 0 saturated heterocycles. The van der Waals surface area contributed by atoms with Crippen LogP contribution in [0.3, 0.4) is 0 Å². The van der Waals surface area contributed by atoms with E-state index in [0.717, 1.165) is 0 Å². The lowest BCUT2D eigenvalue weighted by atomic mass is 10.1. The molecule has 0 atom stereocenters. The molecular weight excluding hydrogens is 228 g/mol. The van der Waals surface area contributed by atoms with Gasteiger partial charge in [-0.2, -0.15) is 0 Å². The Bertz CT molecular complexity index is 541. The summed E-state index contributed by atoms with van der Waals surface area (Å²) >= 11 is 0. The number of rotatable bonds is 3. The molecule has 1 aliphatic carbocycles. The summed E-state index contributed by atoms with van der Waals surface area (Å²) in [6.07, 6.45) is 2.36. The van der Waals surface area contributed by atoms with Crippen molar-refractivity contribution >= 4 is 15.8 Å². The molecule has 0 unspecified atom stereocenters. The summed E-state index contributed by atoms with van der Waals surface area (Å²) in [6.45, 7) is 0. The first-order chi connectivity index (χ1) is 7.37. The first kappa shape index (κ1) is 11.1. The summed E-state index contributed by atoms with van der Waals surface area (Å²) in [5.74, 6) is -1.04. The van der Waals surface area contributed by atoms with Gasteiger partial charge in [-0.3, -0.25) is 0 Å². The molecule has 0 aliphatic heterocycles. The molecule has 1 aromatic carbocycles. The van der Waals surface area contributed by atoms with Crippen LogP contribution in [0.15, 0.2) is 24.3 Å². The zero-order valence-electron chi connectivity index (χ0n) is 8.80. The minimum Gasteiger partial charge on any atom is -0.478 e. The SMILES string of the molecule is CS(=O)(=O)C1(c2cccc(C(=O)O)c2)CC1. The smallest absolute Gasteiger partial charge is 0.335 e. The Morgan fingerprint density at radius 3 is 2.44 bits per heavy atom. The van der Waals surface area contributed by atoms with Crippen LogP contribution in [0, 0.1) is 0 Å². The van der Waals surface area contributed by atoms with Crippen LogP contribution in [0.5, 0.6) is 0 Å². The molecule has 2 rings (SSSR count). The molecule has 5 heteroatoms. The van der Waals surface area contributed by atoms with E-state index in [4.69, 9.17) is 5.11 Å². The van der Waals surface area contributed by atoms with Crippen LogP contribution >= 0.6 is 0 Å². The number of carbonyl (C=O) groups is 1. The van der Waals surface area contributed by atoms with Gasteiger partial charge in [-0.15, -0.1) is 0 Å². The van der Waals surface area contributed by atoms with Gasteiger partial charge in [0.2, 0.25) is 0 Å². The Labute approximate surface area is 93.8 Å². The molecule has 1 aromatic rings. The van der Waals surface area contributed by atoms with Gasteiger partial charge in [0.15, 0.2) is 9.84 Å². The van der Waals surface area contributed by atoms with Gasteiger partial charge in [0.05, 0.1) is 10.3 Å². The van der Waals surface area contributed by atoms with E-state index < -0.39 is 20.6 Å². The second kappa shape index (κ2) is 3.31. The van der Waals surface area contributed by atoms with Crippen LogP contribution in [0.1, 0.15) is 28.8 Å². The van der Waals surface area contributed by atoms with Crippen molar-refractivity contribution in [3.8, 4) is 0 Å². The lowest BCUT2D eigenvalue weighted by Gasteiger charge is -2.13. The van der Waals surface area contributed by atoms with Gasteiger partial charge in [0.25, 0.3) is 0 Å². The van der Waals surface area contributed by atoms with Gasteiger partial charge >= 0.3 is 5.97 Å². The maximum Gasteiger partial charge on any atom is 0.335 e. The summed E-state index contributed by atoms with van der Waals surface area (Å²) in [4.78, 5) is 10.8. The van der Waals surface area contributed by atoms with Gasteiger partial charge in [0.1, 0.15) is 0 Å². The van der Waals surface area contributed by atoms with Crippen molar-refractivity contribution < 1.29 is 18.3 Å². The highest BCUT2D eigenvalue weighted by molar-refractivity contribution is 7.92. The first-order valence-corrected chi connectivity index (χ1v) is 6.79. The van der Waals surface area contributed by atoms with Crippen molar-refractivity contribution in [1.82, 2.24) is 0 Å². The van der Waals surface area contributed by atoms with E-state index in [1.54, 1.807) is 12.1 Å². The zero-order chi connectivity index (χ0) is 12.0. The summed E-state index contributed by atoms with van der Waals surface area (Å²) in [5.41, 5.74) is 0.724. The van der Waals surface area contributed by atoms with Crippen molar-refractivity contribution in [2.75, 3.05) is 6.26 Å². The van der Waals surface area contributed by atoms with E-state index in [9.17, 15) is 13.2 Å². The largest absolute Gasteiger partial charge is 0.478 e. The number of carboxylic acid groups (broad SMARTS) is 1. The molecule has 16 heavy (non-hydrogen) atoms. The number of aromatic carboxylic acids is 1. The third-order valence-corrected chi connectivity index (χ3v) is 5.11. The van der Waals surface area contributed by atoms with E-state index in [0.29, 0.717) is 18.4 Å². The molecule has 86 valence electrons. The quantitative estimate of drug-likeness (QED) is 0.867. The molecule has 1 fully saturated rings. The van der Waals surface area contributed by atoms with Crippen molar-refractivity contribution in [3.63, 3.8) is 0 Å². The molecule has 1 aliphatic rings. The van der Waals surface area contributed by atoms with E-state index in [1.165, 1.54) is 18.4 Å². The second-order valence-electron chi connectivity index (χ2n) is 4.15. The molecule has 1 saturated carbocycles. The number of carboxylic acids is 1. The molecular formula is C11H12O4S.